The Labute approximate surface area is 186 Å². The molecular formula is C20H23Cl2N2O3PS. The van der Waals surface area contributed by atoms with E-state index in [-0.39, 0.29) is 17.9 Å². The van der Waals surface area contributed by atoms with Crippen LogP contribution in [0.4, 0.5) is 0 Å². The lowest BCUT2D eigenvalue weighted by molar-refractivity contribution is 0.0922. The van der Waals surface area contributed by atoms with Gasteiger partial charge in [0.05, 0.1) is 5.94 Å². The SMILES string of the molecule is CP(=O)(OCS)N1CCC(NC(=O)c2cccc(-c3cc(Cl)cc(Cl)c3)c2)CC1. The number of rotatable bonds is 6. The second kappa shape index (κ2) is 9.86. The Morgan fingerprint density at radius 2 is 1.83 bits per heavy atom. The maximum Gasteiger partial charge on any atom is 0.270 e. The number of carbonyl (C=O) groups excluding carboxylic acids is 1. The Morgan fingerprint density at radius 3 is 2.45 bits per heavy atom. The van der Waals surface area contributed by atoms with E-state index in [1.807, 2.05) is 35.0 Å². The fraction of sp³-hybridized carbons (Fsp3) is 0.350. The van der Waals surface area contributed by atoms with Gasteiger partial charge in [0.1, 0.15) is 0 Å². The van der Waals surface area contributed by atoms with E-state index in [9.17, 15) is 9.36 Å². The van der Waals surface area contributed by atoms with E-state index < -0.39 is 7.52 Å². The quantitative estimate of drug-likeness (QED) is 0.327. The minimum atomic E-state index is -2.81. The monoisotopic (exact) mass is 472 g/mol. The summed E-state index contributed by atoms with van der Waals surface area (Å²) in [5.74, 6) is -0.0109. The van der Waals surface area contributed by atoms with Crippen molar-refractivity contribution in [2.45, 2.75) is 18.9 Å². The molecule has 1 aliphatic heterocycles. The minimum absolute atomic E-state index is 0.0269. The van der Waals surface area contributed by atoms with Crippen LogP contribution in [0.1, 0.15) is 23.2 Å². The molecule has 0 aromatic heterocycles. The van der Waals surface area contributed by atoms with Crippen molar-refractivity contribution in [1.29, 1.82) is 0 Å². The van der Waals surface area contributed by atoms with Crippen molar-refractivity contribution in [3.05, 3.63) is 58.1 Å². The van der Waals surface area contributed by atoms with Gasteiger partial charge in [-0.2, -0.15) is 12.6 Å². The summed E-state index contributed by atoms with van der Waals surface area (Å²) in [5, 5.41) is 4.17. The Kier molecular flexibility index (Phi) is 7.71. The number of thiol groups is 1. The molecule has 0 bridgehead atoms. The number of hydrogen-bond donors (Lipinski definition) is 2. The molecule has 1 amide bonds. The predicted octanol–water partition coefficient (Wildman–Crippen LogP) is 5.58. The van der Waals surface area contributed by atoms with Gasteiger partial charge in [0.2, 0.25) is 0 Å². The second-order valence-corrected chi connectivity index (χ2v) is 10.6. The first-order valence-corrected chi connectivity index (χ1v) is 12.7. The van der Waals surface area contributed by atoms with E-state index in [1.54, 1.807) is 18.8 Å². The zero-order valence-corrected chi connectivity index (χ0v) is 19.3. The molecule has 156 valence electrons. The highest BCUT2D eigenvalue weighted by Gasteiger charge is 2.31. The highest BCUT2D eigenvalue weighted by atomic mass is 35.5. The van der Waals surface area contributed by atoms with Crippen LogP contribution in [0.5, 0.6) is 0 Å². The molecule has 1 saturated heterocycles. The van der Waals surface area contributed by atoms with Crippen LogP contribution in [0.2, 0.25) is 10.0 Å². The van der Waals surface area contributed by atoms with E-state index in [0.717, 1.165) is 11.1 Å². The van der Waals surface area contributed by atoms with Gasteiger partial charge >= 0.3 is 0 Å². The maximum atomic E-state index is 12.7. The number of benzene rings is 2. The van der Waals surface area contributed by atoms with Gasteiger partial charge in [0.15, 0.2) is 0 Å². The van der Waals surface area contributed by atoms with Gasteiger partial charge in [-0.3, -0.25) is 9.36 Å². The fourth-order valence-corrected chi connectivity index (χ4v) is 5.90. The van der Waals surface area contributed by atoms with Crippen molar-refractivity contribution >= 4 is 49.3 Å². The molecule has 1 atom stereocenters. The van der Waals surface area contributed by atoms with Gasteiger partial charge in [-0.1, -0.05) is 35.3 Å². The molecule has 0 aliphatic carbocycles. The Morgan fingerprint density at radius 1 is 1.17 bits per heavy atom. The molecule has 1 fully saturated rings. The summed E-state index contributed by atoms with van der Waals surface area (Å²) >= 11 is 16.2. The highest BCUT2D eigenvalue weighted by Crippen LogP contribution is 2.48. The van der Waals surface area contributed by atoms with E-state index in [4.69, 9.17) is 27.7 Å². The van der Waals surface area contributed by atoms with Crippen LogP contribution < -0.4 is 5.32 Å². The van der Waals surface area contributed by atoms with Crippen LogP contribution in [0.25, 0.3) is 11.1 Å². The zero-order valence-electron chi connectivity index (χ0n) is 16.0. The molecule has 29 heavy (non-hydrogen) atoms. The summed E-state index contributed by atoms with van der Waals surface area (Å²) in [5.41, 5.74) is 2.29. The number of nitrogens with one attached hydrogen (secondary N) is 1. The third kappa shape index (κ3) is 6.00. The number of halogens is 2. The van der Waals surface area contributed by atoms with Crippen LogP contribution in [-0.4, -0.2) is 42.3 Å². The molecular weight excluding hydrogens is 450 g/mol. The lowest BCUT2D eigenvalue weighted by atomic mass is 10.0. The first-order valence-electron chi connectivity index (χ1n) is 9.24. The van der Waals surface area contributed by atoms with E-state index in [2.05, 4.69) is 17.9 Å². The number of hydrogen-bond acceptors (Lipinski definition) is 4. The highest BCUT2D eigenvalue weighted by molar-refractivity contribution is 7.80. The molecule has 1 unspecified atom stereocenters. The lowest BCUT2D eigenvalue weighted by Gasteiger charge is -2.35. The van der Waals surface area contributed by atoms with Crippen molar-refractivity contribution in [2.75, 3.05) is 25.7 Å². The Bertz CT molecular complexity index is 915. The maximum absolute atomic E-state index is 12.7. The number of amides is 1. The molecule has 1 heterocycles. The van der Waals surface area contributed by atoms with Gasteiger partial charge < -0.3 is 9.84 Å². The van der Waals surface area contributed by atoms with Crippen LogP contribution in [-0.2, 0) is 9.09 Å². The molecule has 1 aliphatic rings. The van der Waals surface area contributed by atoms with Gasteiger partial charge in [-0.15, -0.1) is 0 Å². The third-order valence-electron chi connectivity index (χ3n) is 4.94. The average molecular weight is 473 g/mol. The zero-order chi connectivity index (χ0) is 21.0. The van der Waals surface area contributed by atoms with Crippen molar-refractivity contribution < 1.29 is 13.9 Å². The van der Waals surface area contributed by atoms with E-state index >= 15 is 0 Å². The number of nitrogens with zero attached hydrogens (tertiary/aromatic N) is 1. The smallest absolute Gasteiger partial charge is 0.270 e. The summed E-state index contributed by atoms with van der Waals surface area (Å²) in [6.45, 7) is 2.82. The van der Waals surface area contributed by atoms with Crippen LogP contribution >= 0.6 is 43.4 Å². The van der Waals surface area contributed by atoms with Crippen molar-refractivity contribution in [3.63, 3.8) is 0 Å². The summed E-state index contributed by atoms with van der Waals surface area (Å²) in [6, 6.07) is 12.7. The van der Waals surface area contributed by atoms with E-state index in [0.29, 0.717) is 41.5 Å². The molecule has 3 rings (SSSR count). The van der Waals surface area contributed by atoms with Gasteiger partial charge in [-0.05, 0) is 54.3 Å². The molecule has 5 nitrogen and oxygen atoms in total. The largest absolute Gasteiger partial charge is 0.349 e. The normalized spacial score (nSPS) is 17.7. The summed E-state index contributed by atoms with van der Waals surface area (Å²) in [4.78, 5) is 12.7. The molecule has 2 aromatic rings. The standard InChI is InChI=1S/C20H23Cl2N2O3PS/c1-28(26,27-13-29)24-7-5-19(6-8-24)23-20(25)15-4-2-3-14(9-15)16-10-17(21)12-18(22)11-16/h2-4,9-12,19,29H,5-8,13H2,1H3,(H,23,25). The van der Waals surface area contributed by atoms with Crippen LogP contribution in [0, 0.1) is 0 Å². The molecule has 1 N–H and O–H groups in total. The van der Waals surface area contributed by atoms with Crippen LogP contribution in [0.3, 0.4) is 0 Å². The molecule has 0 saturated carbocycles. The average Bonchev–Trinajstić information content (AvgIpc) is 2.68. The first-order chi connectivity index (χ1) is 13.8. The second-order valence-electron chi connectivity index (χ2n) is 7.00. The molecule has 2 aromatic carbocycles. The number of carbonyl (C=O) groups is 1. The predicted molar refractivity (Wildman–Crippen MR) is 122 cm³/mol. The topological polar surface area (TPSA) is 58.6 Å². The molecule has 0 radical (unpaired) electrons. The van der Waals surface area contributed by atoms with Gasteiger partial charge in [0, 0.05) is 41.4 Å². The fourth-order valence-electron chi connectivity index (χ4n) is 3.39. The van der Waals surface area contributed by atoms with Crippen molar-refractivity contribution in [1.82, 2.24) is 9.99 Å². The van der Waals surface area contributed by atoms with Crippen molar-refractivity contribution in [3.8, 4) is 11.1 Å². The summed E-state index contributed by atoms with van der Waals surface area (Å²) < 4.78 is 19.6. The van der Waals surface area contributed by atoms with Gasteiger partial charge in [0.25, 0.3) is 13.4 Å². The van der Waals surface area contributed by atoms with Gasteiger partial charge in [-0.25, -0.2) is 4.67 Å². The summed E-state index contributed by atoms with van der Waals surface area (Å²) in [7, 11) is -2.81. The van der Waals surface area contributed by atoms with Crippen LogP contribution in [0.15, 0.2) is 42.5 Å². The lowest BCUT2D eigenvalue weighted by Crippen LogP contribution is -2.43. The van der Waals surface area contributed by atoms with E-state index in [1.165, 1.54) is 0 Å². The van der Waals surface area contributed by atoms with Crippen molar-refractivity contribution in [2.24, 2.45) is 0 Å². The minimum Gasteiger partial charge on any atom is -0.349 e. The first kappa shape index (κ1) is 22.7. The summed E-state index contributed by atoms with van der Waals surface area (Å²) in [6.07, 6.45) is 1.42. The third-order valence-corrected chi connectivity index (χ3v) is 7.74. The molecule has 9 heteroatoms. The Balaban J connectivity index is 1.64. The molecule has 0 spiro atoms. The Hall–Kier alpha value is -1.01. The number of piperidine rings is 1.